The lowest BCUT2D eigenvalue weighted by atomic mass is 9.87. The number of nitrogens with one attached hydrogen (secondary N) is 1. The van der Waals surface area contributed by atoms with Crippen molar-refractivity contribution < 1.29 is 0 Å². The van der Waals surface area contributed by atoms with Crippen molar-refractivity contribution >= 4 is 0 Å². The zero-order valence-electron chi connectivity index (χ0n) is 13.2. The summed E-state index contributed by atoms with van der Waals surface area (Å²) in [6.07, 6.45) is 5.50. The second-order valence-corrected chi connectivity index (χ2v) is 6.87. The lowest BCUT2D eigenvalue weighted by Crippen LogP contribution is -2.42. The van der Waals surface area contributed by atoms with E-state index in [9.17, 15) is 0 Å². The fraction of sp³-hybridized carbons (Fsp3) is 1.00. The molecule has 2 fully saturated rings. The minimum Gasteiger partial charge on any atom is -0.316 e. The van der Waals surface area contributed by atoms with E-state index in [0.717, 1.165) is 19.1 Å². The Bertz CT molecular complexity index is 263. The third-order valence-electron chi connectivity index (χ3n) is 5.17. The van der Waals surface area contributed by atoms with Gasteiger partial charge in [0, 0.05) is 25.7 Å². The van der Waals surface area contributed by atoms with E-state index in [1.54, 1.807) is 0 Å². The van der Waals surface area contributed by atoms with E-state index >= 15 is 0 Å². The third kappa shape index (κ3) is 4.17. The second-order valence-electron chi connectivity index (χ2n) is 6.87. The van der Waals surface area contributed by atoms with Crippen LogP contribution in [0.4, 0.5) is 0 Å². The minimum atomic E-state index is 0.440. The first kappa shape index (κ1) is 15.3. The summed E-state index contributed by atoms with van der Waals surface area (Å²) >= 11 is 0. The van der Waals surface area contributed by atoms with Crippen molar-refractivity contribution in [1.29, 1.82) is 0 Å². The summed E-state index contributed by atoms with van der Waals surface area (Å²) in [4.78, 5) is 5.44. The van der Waals surface area contributed by atoms with E-state index in [1.165, 1.54) is 58.4 Å². The molecule has 0 bridgehead atoms. The van der Waals surface area contributed by atoms with Gasteiger partial charge in [0.05, 0.1) is 0 Å². The standard InChI is InChI=1S/C16H33N3/c1-4-16(3,13-17-5-2)14-18-11-8-15(12-18)19-9-6-7-10-19/h15,17H,4-14H2,1-3H3. The maximum Gasteiger partial charge on any atom is 0.0235 e. The van der Waals surface area contributed by atoms with Gasteiger partial charge in [-0.25, -0.2) is 0 Å². The van der Waals surface area contributed by atoms with Crippen LogP contribution in [0, 0.1) is 5.41 Å². The van der Waals surface area contributed by atoms with Crippen LogP contribution in [0.2, 0.25) is 0 Å². The molecule has 0 aliphatic carbocycles. The summed E-state index contributed by atoms with van der Waals surface area (Å²) in [6, 6.07) is 0.850. The number of hydrogen-bond donors (Lipinski definition) is 1. The number of rotatable bonds is 7. The van der Waals surface area contributed by atoms with Crippen LogP contribution in [0.5, 0.6) is 0 Å². The Labute approximate surface area is 119 Å². The Morgan fingerprint density at radius 2 is 1.89 bits per heavy atom. The number of likely N-dealkylation sites (tertiary alicyclic amines) is 2. The van der Waals surface area contributed by atoms with Crippen molar-refractivity contribution in [1.82, 2.24) is 15.1 Å². The van der Waals surface area contributed by atoms with E-state index in [1.807, 2.05) is 0 Å². The van der Waals surface area contributed by atoms with E-state index < -0.39 is 0 Å². The molecule has 2 saturated heterocycles. The van der Waals surface area contributed by atoms with Crippen molar-refractivity contribution in [2.75, 3.05) is 45.8 Å². The molecule has 3 heteroatoms. The zero-order valence-corrected chi connectivity index (χ0v) is 13.2. The maximum atomic E-state index is 3.54. The van der Waals surface area contributed by atoms with Crippen LogP contribution in [-0.2, 0) is 0 Å². The molecule has 1 N–H and O–H groups in total. The summed E-state index contributed by atoms with van der Waals surface area (Å²) < 4.78 is 0. The lowest BCUT2D eigenvalue weighted by molar-refractivity contribution is 0.165. The monoisotopic (exact) mass is 267 g/mol. The predicted octanol–water partition coefficient (Wildman–Crippen LogP) is 2.18. The van der Waals surface area contributed by atoms with Gasteiger partial charge in [0.2, 0.25) is 0 Å². The van der Waals surface area contributed by atoms with E-state index in [4.69, 9.17) is 0 Å². The molecule has 2 aliphatic rings. The molecular weight excluding hydrogens is 234 g/mol. The van der Waals surface area contributed by atoms with E-state index in [-0.39, 0.29) is 0 Å². The summed E-state index contributed by atoms with van der Waals surface area (Å²) in [7, 11) is 0. The molecule has 2 heterocycles. The molecule has 2 rings (SSSR count). The second kappa shape index (κ2) is 7.05. The fourth-order valence-corrected chi connectivity index (χ4v) is 3.62. The van der Waals surface area contributed by atoms with Crippen molar-refractivity contribution in [3.63, 3.8) is 0 Å². The van der Waals surface area contributed by atoms with Gasteiger partial charge in [0.25, 0.3) is 0 Å². The van der Waals surface area contributed by atoms with Gasteiger partial charge in [0.15, 0.2) is 0 Å². The first-order valence-corrected chi connectivity index (χ1v) is 8.34. The van der Waals surface area contributed by atoms with Crippen LogP contribution in [0.15, 0.2) is 0 Å². The first-order valence-electron chi connectivity index (χ1n) is 8.34. The van der Waals surface area contributed by atoms with Gasteiger partial charge < -0.3 is 10.2 Å². The Balaban J connectivity index is 1.79. The molecule has 0 radical (unpaired) electrons. The predicted molar refractivity (Wildman–Crippen MR) is 82.6 cm³/mol. The van der Waals surface area contributed by atoms with Crippen LogP contribution in [0.25, 0.3) is 0 Å². The largest absolute Gasteiger partial charge is 0.316 e. The van der Waals surface area contributed by atoms with Gasteiger partial charge in [-0.2, -0.15) is 0 Å². The summed E-state index contributed by atoms with van der Waals surface area (Å²) in [5.74, 6) is 0. The van der Waals surface area contributed by atoms with Crippen molar-refractivity contribution in [3.05, 3.63) is 0 Å². The summed E-state index contributed by atoms with van der Waals surface area (Å²) in [5.41, 5.74) is 0.440. The molecule has 0 aromatic carbocycles. The molecule has 112 valence electrons. The average molecular weight is 267 g/mol. The van der Waals surface area contributed by atoms with Crippen LogP contribution in [0.1, 0.15) is 46.5 Å². The Morgan fingerprint density at radius 1 is 1.16 bits per heavy atom. The van der Waals surface area contributed by atoms with Crippen molar-refractivity contribution in [3.8, 4) is 0 Å². The summed E-state index contributed by atoms with van der Waals surface area (Å²) in [5, 5.41) is 3.54. The van der Waals surface area contributed by atoms with Gasteiger partial charge >= 0.3 is 0 Å². The molecule has 0 spiro atoms. The number of nitrogens with zero attached hydrogens (tertiary/aromatic N) is 2. The zero-order chi connectivity index (χ0) is 13.7. The Kier molecular flexibility index (Phi) is 5.67. The van der Waals surface area contributed by atoms with E-state index in [0.29, 0.717) is 5.41 Å². The van der Waals surface area contributed by atoms with Gasteiger partial charge in [0.1, 0.15) is 0 Å². The van der Waals surface area contributed by atoms with Gasteiger partial charge in [-0.15, -0.1) is 0 Å². The first-order chi connectivity index (χ1) is 9.17. The lowest BCUT2D eigenvalue weighted by Gasteiger charge is -2.33. The van der Waals surface area contributed by atoms with Gasteiger partial charge in [-0.05, 0) is 57.3 Å². The molecule has 19 heavy (non-hydrogen) atoms. The number of hydrogen-bond acceptors (Lipinski definition) is 3. The molecule has 2 atom stereocenters. The van der Waals surface area contributed by atoms with Crippen LogP contribution >= 0.6 is 0 Å². The summed E-state index contributed by atoms with van der Waals surface area (Å²) in [6.45, 7) is 15.8. The molecule has 2 aliphatic heterocycles. The topological polar surface area (TPSA) is 18.5 Å². The highest BCUT2D eigenvalue weighted by atomic mass is 15.3. The average Bonchev–Trinajstić information content (AvgIpc) is 3.06. The normalized spacial score (nSPS) is 28.9. The fourth-order valence-electron chi connectivity index (χ4n) is 3.62. The Morgan fingerprint density at radius 3 is 2.53 bits per heavy atom. The van der Waals surface area contributed by atoms with Crippen LogP contribution in [-0.4, -0.2) is 61.7 Å². The molecular formula is C16H33N3. The quantitative estimate of drug-likeness (QED) is 0.763. The molecule has 0 aromatic rings. The van der Waals surface area contributed by atoms with Crippen LogP contribution < -0.4 is 5.32 Å². The highest BCUT2D eigenvalue weighted by molar-refractivity contribution is 4.89. The van der Waals surface area contributed by atoms with Crippen molar-refractivity contribution in [2.24, 2.45) is 5.41 Å². The molecule has 0 aromatic heterocycles. The maximum absolute atomic E-state index is 3.54. The van der Waals surface area contributed by atoms with E-state index in [2.05, 4.69) is 35.9 Å². The molecule has 0 saturated carbocycles. The third-order valence-corrected chi connectivity index (χ3v) is 5.17. The smallest absolute Gasteiger partial charge is 0.0235 e. The van der Waals surface area contributed by atoms with Gasteiger partial charge in [-0.3, -0.25) is 4.90 Å². The highest BCUT2D eigenvalue weighted by Crippen LogP contribution is 2.26. The SMILES string of the molecule is CCNCC(C)(CC)CN1CCC(N2CCCC2)C1. The van der Waals surface area contributed by atoms with Crippen molar-refractivity contribution in [2.45, 2.75) is 52.5 Å². The minimum absolute atomic E-state index is 0.440. The molecule has 0 amide bonds. The van der Waals surface area contributed by atoms with Crippen LogP contribution in [0.3, 0.4) is 0 Å². The highest BCUT2D eigenvalue weighted by Gasteiger charge is 2.32. The Hall–Kier alpha value is -0.120. The molecule has 2 unspecified atom stereocenters. The van der Waals surface area contributed by atoms with Gasteiger partial charge in [-0.1, -0.05) is 20.8 Å². The molecule has 3 nitrogen and oxygen atoms in total.